The lowest BCUT2D eigenvalue weighted by atomic mass is 9.78. The van der Waals surface area contributed by atoms with Gasteiger partial charge in [0.05, 0.1) is 6.54 Å². The number of aromatic nitrogens is 1. The van der Waals surface area contributed by atoms with E-state index in [1.807, 2.05) is 59.7 Å². The minimum absolute atomic E-state index is 0.0770. The number of carbonyl (C=O) groups is 1. The predicted molar refractivity (Wildman–Crippen MR) is 138 cm³/mol. The van der Waals surface area contributed by atoms with Gasteiger partial charge in [-0.15, -0.1) is 0 Å². The van der Waals surface area contributed by atoms with Crippen LogP contribution in [0.25, 0.3) is 0 Å². The molecule has 0 spiro atoms. The van der Waals surface area contributed by atoms with Gasteiger partial charge < -0.3 is 14.7 Å². The number of pyridine rings is 1. The molecule has 4 rings (SSSR count). The topological polar surface area (TPSA) is 86.5 Å². The lowest BCUT2D eigenvalue weighted by Gasteiger charge is -2.28. The molecular formula is C29H33N3O3. The highest BCUT2D eigenvalue weighted by molar-refractivity contribution is 6.05. The van der Waals surface area contributed by atoms with Crippen molar-refractivity contribution in [1.29, 1.82) is 5.41 Å². The molecule has 6 nitrogen and oxygen atoms in total. The maximum absolute atomic E-state index is 13.4. The van der Waals surface area contributed by atoms with Crippen LogP contribution in [0.1, 0.15) is 74.2 Å². The molecule has 0 saturated carbocycles. The zero-order valence-electron chi connectivity index (χ0n) is 21.3. The molecule has 1 aliphatic heterocycles. The number of ether oxygens (including phenoxy) is 1. The fourth-order valence-electron chi connectivity index (χ4n) is 4.33. The van der Waals surface area contributed by atoms with Gasteiger partial charge in [0.15, 0.2) is 5.78 Å². The minimum atomic E-state index is -0.317. The molecule has 2 N–H and O–H groups in total. The van der Waals surface area contributed by atoms with Gasteiger partial charge in [0.2, 0.25) is 0 Å². The van der Waals surface area contributed by atoms with E-state index in [1.165, 1.54) is 0 Å². The highest BCUT2D eigenvalue weighted by Gasteiger charge is 2.30. The Kier molecular flexibility index (Phi) is 6.18. The number of nitrogens with one attached hydrogen (secondary N) is 1. The zero-order valence-corrected chi connectivity index (χ0v) is 21.3. The van der Waals surface area contributed by atoms with Gasteiger partial charge in [0.1, 0.15) is 23.1 Å². The molecule has 1 aliphatic rings. The van der Waals surface area contributed by atoms with Crippen molar-refractivity contribution in [3.63, 3.8) is 0 Å². The Balaban J connectivity index is 1.57. The highest BCUT2D eigenvalue weighted by Crippen LogP contribution is 2.40. The number of benzene rings is 2. The fraction of sp³-hybridized carbons (Fsp3) is 0.345. The van der Waals surface area contributed by atoms with Gasteiger partial charge in [-0.25, -0.2) is 0 Å². The molecule has 0 radical (unpaired) electrons. The summed E-state index contributed by atoms with van der Waals surface area (Å²) in [5.41, 5.74) is 3.19. The van der Waals surface area contributed by atoms with Crippen LogP contribution in [0.2, 0.25) is 0 Å². The molecule has 35 heavy (non-hydrogen) atoms. The van der Waals surface area contributed by atoms with Gasteiger partial charge in [-0.3, -0.25) is 15.2 Å². The average Bonchev–Trinajstić information content (AvgIpc) is 3.07. The largest absolute Gasteiger partial charge is 0.507 e. The molecule has 2 heterocycles. The monoisotopic (exact) mass is 471 g/mol. The van der Waals surface area contributed by atoms with Crippen molar-refractivity contribution >= 4 is 11.6 Å². The number of phenols is 1. The minimum Gasteiger partial charge on any atom is -0.507 e. The maximum atomic E-state index is 13.4. The molecule has 3 aromatic rings. The average molecular weight is 472 g/mol. The molecule has 0 aliphatic carbocycles. The second kappa shape index (κ2) is 8.84. The van der Waals surface area contributed by atoms with Crippen LogP contribution in [0.15, 0.2) is 54.9 Å². The summed E-state index contributed by atoms with van der Waals surface area (Å²) in [6.45, 7) is 12.7. The van der Waals surface area contributed by atoms with Crippen LogP contribution < -0.4 is 4.74 Å². The number of hydrogen-bond donors (Lipinski definition) is 2. The molecule has 0 saturated heterocycles. The van der Waals surface area contributed by atoms with Crippen LogP contribution in [-0.4, -0.2) is 33.2 Å². The van der Waals surface area contributed by atoms with E-state index in [4.69, 9.17) is 10.1 Å². The Hall–Kier alpha value is -3.67. The van der Waals surface area contributed by atoms with E-state index in [0.29, 0.717) is 29.4 Å². The van der Waals surface area contributed by atoms with E-state index < -0.39 is 0 Å². The second-order valence-corrected chi connectivity index (χ2v) is 11.2. The number of aromatic hydroxyl groups is 1. The number of rotatable bonds is 5. The Labute approximate surface area is 207 Å². The third kappa shape index (κ3) is 5.06. The lowest BCUT2D eigenvalue weighted by molar-refractivity contribution is 0.0962. The third-order valence-electron chi connectivity index (χ3n) is 6.28. The number of ketones is 1. The summed E-state index contributed by atoms with van der Waals surface area (Å²) >= 11 is 0. The molecule has 0 atom stereocenters. The van der Waals surface area contributed by atoms with Gasteiger partial charge in [-0.1, -0.05) is 41.5 Å². The van der Waals surface area contributed by atoms with Gasteiger partial charge in [-0.2, -0.15) is 0 Å². The molecule has 0 amide bonds. The second-order valence-electron chi connectivity index (χ2n) is 11.2. The van der Waals surface area contributed by atoms with Crippen LogP contribution in [0.4, 0.5) is 0 Å². The Morgan fingerprint density at radius 1 is 0.971 bits per heavy atom. The first kappa shape index (κ1) is 24.5. The molecule has 2 aromatic carbocycles. The van der Waals surface area contributed by atoms with Gasteiger partial charge in [-0.05, 0) is 58.9 Å². The molecule has 0 unspecified atom stereocenters. The number of phenolic OH excluding ortho intramolecular Hbond substituents is 1. The van der Waals surface area contributed by atoms with Crippen LogP contribution >= 0.6 is 0 Å². The summed E-state index contributed by atoms with van der Waals surface area (Å²) in [5.74, 6) is 1.88. The summed E-state index contributed by atoms with van der Waals surface area (Å²) in [7, 11) is 0. The molecule has 6 heteroatoms. The predicted octanol–water partition coefficient (Wildman–Crippen LogP) is 6.20. The Morgan fingerprint density at radius 3 is 2.14 bits per heavy atom. The van der Waals surface area contributed by atoms with Gasteiger partial charge in [0, 0.05) is 41.2 Å². The van der Waals surface area contributed by atoms with E-state index in [2.05, 4.69) is 4.98 Å². The van der Waals surface area contributed by atoms with Crippen LogP contribution in [0.5, 0.6) is 17.2 Å². The number of fused-ring (bicyclic) bond motifs is 1. The van der Waals surface area contributed by atoms with Gasteiger partial charge in [0.25, 0.3) is 0 Å². The van der Waals surface area contributed by atoms with E-state index in [-0.39, 0.29) is 28.9 Å². The fourth-order valence-corrected chi connectivity index (χ4v) is 4.33. The van der Waals surface area contributed by atoms with Crippen LogP contribution in [0.3, 0.4) is 0 Å². The summed E-state index contributed by atoms with van der Waals surface area (Å²) in [5, 5.41) is 19.6. The number of Topliss-reactive ketones (excluding diaryl/α,β-unsaturated/α-hetero) is 1. The quantitative estimate of drug-likeness (QED) is 0.433. The third-order valence-corrected chi connectivity index (χ3v) is 6.28. The standard InChI is InChI=1S/C29H33N3O3/c1-28(2,3)23-14-18(15-24(26(23)34)29(4,5)6)25(33)17-32-16-19-13-21(7-8-22(19)27(32)30)35-20-9-11-31-12-10-20/h7-15,30,34H,16-17H2,1-6H3. The van der Waals surface area contributed by atoms with E-state index in [9.17, 15) is 9.90 Å². The molecular weight excluding hydrogens is 438 g/mol. The number of carbonyl (C=O) groups excluding carboxylic acids is 1. The molecule has 0 fully saturated rings. The maximum Gasteiger partial charge on any atom is 0.182 e. The first-order valence-electron chi connectivity index (χ1n) is 11.8. The van der Waals surface area contributed by atoms with Crippen LogP contribution in [0, 0.1) is 5.41 Å². The van der Waals surface area contributed by atoms with Gasteiger partial charge >= 0.3 is 0 Å². The molecule has 1 aromatic heterocycles. The summed E-state index contributed by atoms with van der Waals surface area (Å²) in [4.78, 5) is 19.2. The van der Waals surface area contributed by atoms with Crippen LogP contribution in [-0.2, 0) is 17.4 Å². The smallest absolute Gasteiger partial charge is 0.182 e. The van der Waals surface area contributed by atoms with Crippen molar-refractivity contribution < 1.29 is 14.6 Å². The Morgan fingerprint density at radius 2 is 1.57 bits per heavy atom. The van der Waals surface area contributed by atoms with E-state index >= 15 is 0 Å². The van der Waals surface area contributed by atoms with Crippen molar-refractivity contribution in [2.45, 2.75) is 58.9 Å². The van der Waals surface area contributed by atoms with Crippen molar-refractivity contribution in [2.24, 2.45) is 0 Å². The lowest BCUT2D eigenvalue weighted by Crippen LogP contribution is -2.30. The summed E-state index contributed by atoms with van der Waals surface area (Å²) in [6, 6.07) is 12.8. The normalized spacial score (nSPS) is 13.7. The first-order valence-corrected chi connectivity index (χ1v) is 11.8. The van der Waals surface area contributed by atoms with E-state index in [1.54, 1.807) is 41.6 Å². The molecule has 0 bridgehead atoms. The first-order chi connectivity index (χ1) is 16.3. The zero-order chi connectivity index (χ0) is 25.5. The summed E-state index contributed by atoms with van der Waals surface area (Å²) in [6.07, 6.45) is 3.34. The SMILES string of the molecule is CC(C)(C)c1cc(C(=O)CN2Cc3cc(Oc4ccncc4)ccc3C2=N)cc(C(C)(C)C)c1O. The van der Waals surface area contributed by atoms with E-state index in [0.717, 1.165) is 22.3 Å². The van der Waals surface area contributed by atoms with Crippen molar-refractivity contribution in [1.82, 2.24) is 9.88 Å². The molecule has 182 valence electrons. The Bertz CT molecular complexity index is 1250. The number of amidine groups is 1. The summed E-state index contributed by atoms with van der Waals surface area (Å²) < 4.78 is 5.91. The van der Waals surface area contributed by atoms with Crippen molar-refractivity contribution in [3.8, 4) is 17.2 Å². The number of hydrogen-bond acceptors (Lipinski definition) is 5. The van der Waals surface area contributed by atoms with Crippen molar-refractivity contribution in [3.05, 3.63) is 82.7 Å². The number of nitrogens with zero attached hydrogens (tertiary/aromatic N) is 2. The van der Waals surface area contributed by atoms with Crippen molar-refractivity contribution in [2.75, 3.05) is 6.54 Å². The highest BCUT2D eigenvalue weighted by atomic mass is 16.5.